The van der Waals surface area contributed by atoms with Crippen molar-refractivity contribution in [3.05, 3.63) is 24.3 Å². The number of phosphoric acid groups is 1. The monoisotopic (exact) mass is 975 g/mol. The molecule has 0 spiro atoms. The molecule has 0 saturated heterocycles. The molecule has 0 aliphatic heterocycles. The molecule has 1 rings (SSSR count). The van der Waals surface area contributed by atoms with Crippen LogP contribution >= 0.6 is 7.82 Å². The molecule has 0 heterocycles. The van der Waals surface area contributed by atoms with Crippen LogP contribution in [0.15, 0.2) is 24.3 Å². The fraction of sp³-hybridized carbons (Fsp3) is 0.887. The highest BCUT2D eigenvalue weighted by Crippen LogP contribution is 2.47. The maximum Gasteiger partial charge on any atom is 0.472 e. The maximum atomic E-state index is 12.9. The molecule has 6 N–H and O–H groups in total. The molecule has 0 bridgehead atoms. The van der Waals surface area contributed by atoms with Crippen LogP contribution in [0, 0.1) is 0 Å². The Kier molecular flexibility index (Phi) is 40.8. The molecule has 1 aliphatic carbocycles. The lowest BCUT2D eigenvalue weighted by Gasteiger charge is -2.41. The number of esters is 2. The third-order valence-corrected chi connectivity index (χ3v) is 13.8. The van der Waals surface area contributed by atoms with Crippen molar-refractivity contribution in [3.63, 3.8) is 0 Å². The lowest BCUT2D eigenvalue weighted by Crippen LogP contribution is -2.64. The summed E-state index contributed by atoms with van der Waals surface area (Å²) in [5.74, 6) is -1.09. The Balaban J connectivity index is 2.37. The van der Waals surface area contributed by atoms with Gasteiger partial charge >= 0.3 is 19.8 Å². The van der Waals surface area contributed by atoms with Crippen molar-refractivity contribution in [2.24, 2.45) is 0 Å². The molecular weight excluding hydrogens is 876 g/mol. The third-order valence-electron chi connectivity index (χ3n) is 12.8. The van der Waals surface area contributed by atoms with Gasteiger partial charge in [-0.25, -0.2) is 4.57 Å². The van der Waals surface area contributed by atoms with Gasteiger partial charge in [-0.3, -0.25) is 18.6 Å². The minimum atomic E-state index is -5.12. The van der Waals surface area contributed by atoms with Gasteiger partial charge in [0, 0.05) is 12.8 Å². The number of unbranched alkanes of at least 4 members (excludes halogenated alkanes) is 30. The van der Waals surface area contributed by atoms with Gasteiger partial charge in [0.05, 0.1) is 6.61 Å². The van der Waals surface area contributed by atoms with E-state index in [1.54, 1.807) is 0 Å². The number of carbonyl (C=O) groups excluding carboxylic acids is 2. The van der Waals surface area contributed by atoms with Gasteiger partial charge in [0.1, 0.15) is 43.2 Å². The second-order valence-electron chi connectivity index (χ2n) is 19.1. The third kappa shape index (κ3) is 35.1. The second kappa shape index (κ2) is 43.1. The van der Waals surface area contributed by atoms with Gasteiger partial charge in [-0.05, 0) is 64.2 Å². The van der Waals surface area contributed by atoms with Crippen molar-refractivity contribution in [2.75, 3.05) is 13.2 Å². The van der Waals surface area contributed by atoms with Gasteiger partial charge in [0.2, 0.25) is 0 Å². The fourth-order valence-corrected chi connectivity index (χ4v) is 9.37. The minimum Gasteiger partial charge on any atom is -0.462 e. The second-order valence-corrected chi connectivity index (χ2v) is 20.5. The average Bonchev–Trinajstić information content (AvgIpc) is 3.31. The first-order valence-corrected chi connectivity index (χ1v) is 28.6. The fourth-order valence-electron chi connectivity index (χ4n) is 8.40. The summed E-state index contributed by atoms with van der Waals surface area (Å²) in [6, 6.07) is 0. The molecule has 1 saturated carbocycles. The highest BCUT2D eigenvalue weighted by Gasteiger charge is 2.51. The smallest absolute Gasteiger partial charge is 0.462 e. The molecule has 67 heavy (non-hydrogen) atoms. The molecule has 0 aromatic rings. The number of phosphoric ester groups is 1. The molecule has 14 heteroatoms. The molecule has 0 amide bonds. The number of carbonyl (C=O) groups is 2. The Labute approximate surface area is 406 Å². The van der Waals surface area contributed by atoms with Crippen molar-refractivity contribution < 1.29 is 63.1 Å². The first kappa shape index (κ1) is 63.3. The first-order chi connectivity index (χ1) is 32.4. The normalized spacial score (nSPS) is 21.3. The van der Waals surface area contributed by atoms with E-state index >= 15 is 0 Å². The molecule has 6 unspecified atom stereocenters. The molecule has 394 valence electrons. The first-order valence-electron chi connectivity index (χ1n) is 27.1. The van der Waals surface area contributed by atoms with E-state index in [4.69, 9.17) is 18.5 Å². The highest BCUT2D eigenvalue weighted by atomic mass is 31.2. The maximum absolute atomic E-state index is 12.9. The number of hydrogen-bond donors (Lipinski definition) is 6. The summed E-state index contributed by atoms with van der Waals surface area (Å²) in [5, 5.41) is 50.3. The van der Waals surface area contributed by atoms with Crippen LogP contribution in [0.5, 0.6) is 0 Å². The van der Waals surface area contributed by atoms with E-state index in [-0.39, 0.29) is 12.8 Å². The van der Waals surface area contributed by atoms with Gasteiger partial charge in [-0.2, -0.15) is 0 Å². The van der Waals surface area contributed by atoms with Gasteiger partial charge in [-0.1, -0.05) is 192 Å². The van der Waals surface area contributed by atoms with Crippen molar-refractivity contribution in [1.29, 1.82) is 0 Å². The van der Waals surface area contributed by atoms with E-state index < -0.39 is 75.7 Å². The molecular formula is C53H99O13P. The van der Waals surface area contributed by atoms with E-state index in [1.165, 1.54) is 148 Å². The number of ether oxygens (including phenoxy) is 2. The standard InChI is InChI=1S/C53H99O13P/c1-3-5-7-9-11-13-15-17-19-21-23-25-27-29-31-33-35-37-39-41-46(54)63-43-45(44-64-67(61,62)66-53-51(59)49(57)48(56)50(58)52(53)60)65-47(55)42-40-38-36-34-32-30-28-26-24-22-20-18-16-14-12-10-8-6-4-2/h17-20,45,48-53,56-60H,3-16,21-44H2,1-2H3,(H,61,62)/b19-17-,20-18-. The van der Waals surface area contributed by atoms with E-state index in [2.05, 4.69) is 38.2 Å². The summed E-state index contributed by atoms with van der Waals surface area (Å²) in [6.07, 6.45) is 36.5. The van der Waals surface area contributed by atoms with Gasteiger partial charge in [-0.15, -0.1) is 0 Å². The predicted molar refractivity (Wildman–Crippen MR) is 267 cm³/mol. The minimum absolute atomic E-state index is 0.0966. The van der Waals surface area contributed by atoms with Crippen LogP contribution in [0.3, 0.4) is 0 Å². The summed E-state index contributed by atoms with van der Waals surface area (Å²) in [5.41, 5.74) is 0. The van der Waals surface area contributed by atoms with Crippen LogP contribution in [0.2, 0.25) is 0 Å². The molecule has 6 atom stereocenters. The summed E-state index contributed by atoms with van der Waals surface area (Å²) < 4.78 is 33.7. The Hall–Kier alpha value is -1.67. The SMILES string of the molecule is CCCCCCCC/C=C\CCCCCCCCCCCC(=O)OCC(COP(=O)(O)OC1C(O)C(O)C(O)C(O)C1O)OC(=O)CCCCCCCCCCC/C=C\CCCCCCCC. The molecule has 1 fully saturated rings. The Morgan fingerprint density at radius 1 is 0.448 bits per heavy atom. The van der Waals surface area contributed by atoms with Crippen LogP contribution in [0.1, 0.15) is 245 Å². The predicted octanol–water partition coefficient (Wildman–Crippen LogP) is 12.0. The molecule has 0 radical (unpaired) electrons. The summed E-state index contributed by atoms with van der Waals surface area (Å²) >= 11 is 0. The summed E-state index contributed by atoms with van der Waals surface area (Å²) in [7, 11) is -5.12. The Morgan fingerprint density at radius 3 is 1.13 bits per heavy atom. The molecule has 0 aromatic carbocycles. The largest absolute Gasteiger partial charge is 0.472 e. The highest BCUT2D eigenvalue weighted by molar-refractivity contribution is 7.47. The van der Waals surface area contributed by atoms with Gasteiger partial charge in [0.25, 0.3) is 0 Å². The number of allylic oxidation sites excluding steroid dienone is 4. The van der Waals surface area contributed by atoms with Crippen molar-refractivity contribution in [1.82, 2.24) is 0 Å². The number of aliphatic hydroxyl groups excluding tert-OH is 5. The zero-order chi connectivity index (χ0) is 49.2. The number of aliphatic hydroxyl groups is 5. The van der Waals surface area contributed by atoms with Crippen molar-refractivity contribution in [3.8, 4) is 0 Å². The van der Waals surface area contributed by atoms with Crippen molar-refractivity contribution in [2.45, 2.75) is 288 Å². The van der Waals surface area contributed by atoms with Crippen LogP contribution < -0.4 is 0 Å². The molecule has 1 aliphatic rings. The Morgan fingerprint density at radius 2 is 0.761 bits per heavy atom. The average molecular weight is 975 g/mol. The summed E-state index contributed by atoms with van der Waals surface area (Å²) in [6.45, 7) is 3.33. The number of rotatable bonds is 46. The van der Waals surface area contributed by atoms with Crippen LogP contribution in [-0.2, 0) is 32.7 Å². The lowest BCUT2D eigenvalue weighted by atomic mass is 9.85. The quantitative estimate of drug-likeness (QED) is 0.0145. The molecule has 0 aromatic heterocycles. The van der Waals surface area contributed by atoms with E-state index in [0.717, 1.165) is 57.8 Å². The van der Waals surface area contributed by atoms with Crippen molar-refractivity contribution >= 4 is 19.8 Å². The molecule has 13 nitrogen and oxygen atoms in total. The Bertz CT molecular complexity index is 1270. The van der Waals surface area contributed by atoms with Gasteiger partial charge in [0.15, 0.2) is 6.10 Å². The van der Waals surface area contributed by atoms with Crippen LogP contribution in [-0.4, -0.2) is 98.3 Å². The summed E-state index contributed by atoms with van der Waals surface area (Å²) in [4.78, 5) is 35.9. The lowest BCUT2D eigenvalue weighted by molar-refractivity contribution is -0.220. The topological polar surface area (TPSA) is 210 Å². The van der Waals surface area contributed by atoms with E-state index in [1.807, 2.05) is 0 Å². The zero-order valence-electron chi connectivity index (χ0n) is 42.2. The number of hydrogen-bond acceptors (Lipinski definition) is 12. The van der Waals surface area contributed by atoms with Gasteiger partial charge < -0.3 is 39.9 Å². The zero-order valence-corrected chi connectivity index (χ0v) is 43.1. The van der Waals surface area contributed by atoms with E-state index in [9.17, 15) is 44.6 Å². The van der Waals surface area contributed by atoms with Crippen LogP contribution in [0.4, 0.5) is 0 Å². The van der Waals surface area contributed by atoms with Crippen LogP contribution in [0.25, 0.3) is 0 Å². The van der Waals surface area contributed by atoms with E-state index in [0.29, 0.717) is 12.8 Å².